The van der Waals surface area contributed by atoms with Crippen LogP contribution in [-0.2, 0) is 9.53 Å². The molecule has 0 amide bonds. The SMILES string of the molecule is COC(=O)[C@H]1CCCN(c2ccnc(C3CC3)n2)C1. The van der Waals surface area contributed by atoms with Crippen molar-refractivity contribution >= 4 is 11.8 Å². The van der Waals surface area contributed by atoms with E-state index in [9.17, 15) is 4.79 Å². The number of hydrogen-bond donors (Lipinski definition) is 0. The van der Waals surface area contributed by atoms with Gasteiger partial charge in [-0.1, -0.05) is 0 Å². The number of carbonyl (C=O) groups is 1. The van der Waals surface area contributed by atoms with Gasteiger partial charge in [0, 0.05) is 25.2 Å². The lowest BCUT2D eigenvalue weighted by Crippen LogP contribution is -2.39. The van der Waals surface area contributed by atoms with Crippen LogP contribution in [0.2, 0.25) is 0 Å². The Balaban J connectivity index is 1.73. The second-order valence-corrected chi connectivity index (χ2v) is 5.36. The average molecular weight is 261 g/mol. The second-order valence-electron chi connectivity index (χ2n) is 5.36. The Labute approximate surface area is 113 Å². The molecule has 1 aromatic heterocycles. The number of methoxy groups -OCH3 is 1. The van der Waals surface area contributed by atoms with Crippen LogP contribution in [0.25, 0.3) is 0 Å². The van der Waals surface area contributed by atoms with Gasteiger partial charge in [-0.3, -0.25) is 4.79 Å². The maximum atomic E-state index is 11.6. The van der Waals surface area contributed by atoms with E-state index in [1.54, 1.807) is 0 Å². The van der Waals surface area contributed by atoms with E-state index in [0.717, 1.165) is 31.0 Å². The van der Waals surface area contributed by atoms with Crippen LogP contribution in [0.3, 0.4) is 0 Å². The Morgan fingerprint density at radius 3 is 3.00 bits per heavy atom. The van der Waals surface area contributed by atoms with Gasteiger partial charge in [-0.25, -0.2) is 9.97 Å². The van der Waals surface area contributed by atoms with E-state index in [1.807, 2.05) is 12.3 Å². The summed E-state index contributed by atoms with van der Waals surface area (Å²) in [7, 11) is 1.46. The number of ether oxygens (including phenoxy) is 1. The molecule has 1 aliphatic carbocycles. The molecule has 3 rings (SSSR count). The first kappa shape index (κ1) is 12.4. The Bertz CT molecular complexity index is 474. The van der Waals surface area contributed by atoms with E-state index in [4.69, 9.17) is 4.74 Å². The van der Waals surface area contributed by atoms with Crippen LogP contribution < -0.4 is 4.90 Å². The molecule has 0 aromatic carbocycles. The number of piperidine rings is 1. The average Bonchev–Trinajstić information content (AvgIpc) is 3.31. The predicted molar refractivity (Wildman–Crippen MR) is 71.0 cm³/mol. The van der Waals surface area contributed by atoms with Crippen molar-refractivity contribution in [3.63, 3.8) is 0 Å². The highest BCUT2D eigenvalue weighted by Gasteiger charge is 2.29. The van der Waals surface area contributed by atoms with Crippen molar-refractivity contribution in [1.29, 1.82) is 0 Å². The molecular formula is C14H19N3O2. The van der Waals surface area contributed by atoms with Crippen molar-refractivity contribution in [2.45, 2.75) is 31.6 Å². The molecule has 0 N–H and O–H groups in total. The van der Waals surface area contributed by atoms with Gasteiger partial charge in [0.2, 0.25) is 0 Å². The van der Waals surface area contributed by atoms with Crippen molar-refractivity contribution < 1.29 is 9.53 Å². The highest BCUT2D eigenvalue weighted by Crippen LogP contribution is 2.38. The zero-order chi connectivity index (χ0) is 13.2. The Hall–Kier alpha value is -1.65. The fourth-order valence-corrected chi connectivity index (χ4v) is 2.62. The lowest BCUT2D eigenvalue weighted by Gasteiger charge is -2.32. The minimum Gasteiger partial charge on any atom is -0.469 e. The number of esters is 1. The Kier molecular flexibility index (Phi) is 3.36. The van der Waals surface area contributed by atoms with Gasteiger partial charge in [0.05, 0.1) is 13.0 Å². The van der Waals surface area contributed by atoms with E-state index >= 15 is 0 Å². The van der Waals surface area contributed by atoms with E-state index in [1.165, 1.54) is 20.0 Å². The summed E-state index contributed by atoms with van der Waals surface area (Å²) in [5.41, 5.74) is 0. The maximum Gasteiger partial charge on any atom is 0.310 e. The molecule has 1 aromatic rings. The first-order chi connectivity index (χ1) is 9.28. The lowest BCUT2D eigenvalue weighted by molar-refractivity contribution is -0.145. The smallest absolute Gasteiger partial charge is 0.310 e. The first-order valence-electron chi connectivity index (χ1n) is 6.93. The fraction of sp³-hybridized carbons (Fsp3) is 0.643. The summed E-state index contributed by atoms with van der Waals surface area (Å²) in [5, 5.41) is 0. The van der Waals surface area contributed by atoms with Gasteiger partial charge in [0.25, 0.3) is 0 Å². The van der Waals surface area contributed by atoms with Gasteiger partial charge in [-0.15, -0.1) is 0 Å². The van der Waals surface area contributed by atoms with Crippen LogP contribution in [0.5, 0.6) is 0 Å². The molecule has 0 unspecified atom stereocenters. The summed E-state index contributed by atoms with van der Waals surface area (Å²) in [4.78, 5) is 22.8. The largest absolute Gasteiger partial charge is 0.469 e. The van der Waals surface area contributed by atoms with Crippen LogP contribution in [0, 0.1) is 5.92 Å². The molecule has 2 fully saturated rings. The van der Waals surface area contributed by atoms with E-state index in [0.29, 0.717) is 12.5 Å². The molecule has 102 valence electrons. The predicted octanol–water partition coefficient (Wildman–Crippen LogP) is 1.74. The molecule has 0 spiro atoms. The molecule has 0 bridgehead atoms. The van der Waals surface area contributed by atoms with Gasteiger partial charge >= 0.3 is 5.97 Å². The van der Waals surface area contributed by atoms with Gasteiger partial charge in [-0.2, -0.15) is 0 Å². The highest BCUT2D eigenvalue weighted by molar-refractivity contribution is 5.73. The summed E-state index contributed by atoms with van der Waals surface area (Å²) in [5.74, 6) is 2.32. The number of nitrogens with zero attached hydrogens (tertiary/aromatic N) is 3. The van der Waals surface area contributed by atoms with Gasteiger partial charge in [-0.05, 0) is 31.7 Å². The van der Waals surface area contributed by atoms with Crippen molar-refractivity contribution in [1.82, 2.24) is 9.97 Å². The molecule has 5 nitrogen and oxygen atoms in total. The third-order valence-corrected chi connectivity index (χ3v) is 3.88. The third-order valence-electron chi connectivity index (χ3n) is 3.88. The van der Waals surface area contributed by atoms with Crippen LogP contribution in [-0.4, -0.2) is 36.1 Å². The van der Waals surface area contributed by atoms with Crippen molar-refractivity contribution in [3.8, 4) is 0 Å². The molecule has 1 aliphatic heterocycles. The van der Waals surface area contributed by atoms with Crippen LogP contribution in [0.15, 0.2) is 12.3 Å². The molecule has 19 heavy (non-hydrogen) atoms. The molecule has 1 saturated heterocycles. The summed E-state index contributed by atoms with van der Waals surface area (Å²) in [6.45, 7) is 1.66. The molecule has 1 atom stereocenters. The fourth-order valence-electron chi connectivity index (χ4n) is 2.62. The number of anilines is 1. The molecular weight excluding hydrogens is 242 g/mol. The molecule has 2 aliphatic rings. The number of hydrogen-bond acceptors (Lipinski definition) is 5. The summed E-state index contributed by atoms with van der Waals surface area (Å²) in [6, 6.07) is 1.94. The number of carbonyl (C=O) groups excluding carboxylic acids is 1. The van der Waals surface area contributed by atoms with Gasteiger partial charge in [0.15, 0.2) is 0 Å². The van der Waals surface area contributed by atoms with Gasteiger partial charge in [0.1, 0.15) is 11.6 Å². The Morgan fingerprint density at radius 1 is 1.42 bits per heavy atom. The van der Waals surface area contributed by atoms with Crippen molar-refractivity contribution in [3.05, 3.63) is 18.1 Å². The zero-order valence-corrected chi connectivity index (χ0v) is 11.2. The van der Waals surface area contributed by atoms with E-state index in [2.05, 4.69) is 14.9 Å². The zero-order valence-electron chi connectivity index (χ0n) is 11.2. The van der Waals surface area contributed by atoms with Crippen LogP contribution in [0.4, 0.5) is 5.82 Å². The Morgan fingerprint density at radius 2 is 2.26 bits per heavy atom. The molecule has 2 heterocycles. The maximum absolute atomic E-state index is 11.6. The van der Waals surface area contributed by atoms with Crippen molar-refractivity contribution in [2.24, 2.45) is 5.92 Å². The van der Waals surface area contributed by atoms with Crippen LogP contribution >= 0.6 is 0 Å². The molecule has 5 heteroatoms. The minimum absolute atomic E-state index is 0.0295. The first-order valence-corrected chi connectivity index (χ1v) is 6.93. The monoisotopic (exact) mass is 261 g/mol. The molecule has 1 saturated carbocycles. The topological polar surface area (TPSA) is 55.3 Å². The van der Waals surface area contributed by atoms with E-state index in [-0.39, 0.29) is 11.9 Å². The molecule has 0 radical (unpaired) electrons. The number of rotatable bonds is 3. The summed E-state index contributed by atoms with van der Waals surface area (Å²) >= 11 is 0. The summed E-state index contributed by atoms with van der Waals surface area (Å²) in [6.07, 6.45) is 6.15. The van der Waals surface area contributed by atoms with E-state index < -0.39 is 0 Å². The standard InChI is InChI=1S/C14H19N3O2/c1-19-14(18)11-3-2-8-17(9-11)12-6-7-15-13(16-12)10-4-5-10/h6-7,10-11H,2-5,8-9H2,1H3/t11-/m0/s1. The second kappa shape index (κ2) is 5.15. The normalized spacial score (nSPS) is 23.2. The summed E-state index contributed by atoms with van der Waals surface area (Å²) < 4.78 is 4.85. The quantitative estimate of drug-likeness (QED) is 0.776. The highest BCUT2D eigenvalue weighted by atomic mass is 16.5. The lowest BCUT2D eigenvalue weighted by atomic mass is 9.98. The van der Waals surface area contributed by atoms with Gasteiger partial charge < -0.3 is 9.64 Å². The van der Waals surface area contributed by atoms with Crippen molar-refractivity contribution in [2.75, 3.05) is 25.1 Å². The minimum atomic E-state index is -0.110. The van der Waals surface area contributed by atoms with Crippen LogP contribution in [0.1, 0.15) is 37.4 Å². The number of aromatic nitrogens is 2. The third kappa shape index (κ3) is 2.69.